The predicted octanol–water partition coefficient (Wildman–Crippen LogP) is 1.59. The van der Waals surface area contributed by atoms with Crippen LogP contribution in [-0.2, 0) is 0 Å². The summed E-state index contributed by atoms with van der Waals surface area (Å²) in [6.07, 6.45) is 2.03. The van der Waals surface area contributed by atoms with Gasteiger partial charge in [0.1, 0.15) is 4.83 Å². The molecule has 0 radical (unpaired) electrons. The minimum absolute atomic E-state index is 0.801. The van der Waals surface area contributed by atoms with Gasteiger partial charge in [-0.05, 0) is 34.0 Å². The Bertz CT molecular complexity index is 583. The summed E-state index contributed by atoms with van der Waals surface area (Å²) in [5, 5.41) is 13.8. The number of fused-ring (bicyclic) bond motifs is 6. The van der Waals surface area contributed by atoms with Gasteiger partial charge in [0.05, 0.1) is 11.0 Å². The van der Waals surface area contributed by atoms with Crippen LogP contribution in [0.2, 0.25) is 0 Å². The van der Waals surface area contributed by atoms with E-state index < -0.39 is 0 Å². The quantitative estimate of drug-likeness (QED) is 0.447. The molecule has 0 fully saturated rings. The number of thiophene rings is 1. The first-order chi connectivity index (χ1) is 7.45. The van der Waals surface area contributed by atoms with Gasteiger partial charge in [-0.1, -0.05) is 0 Å². The van der Waals surface area contributed by atoms with Crippen LogP contribution in [0.4, 0.5) is 0 Å². The minimum atomic E-state index is 0.801. The molecule has 72 valence electrons. The SMILES string of the molecule is c1cc2c3nnnn3c3sccc3n2c1. The zero-order valence-corrected chi connectivity index (χ0v) is 8.35. The van der Waals surface area contributed by atoms with Crippen LogP contribution in [0.5, 0.6) is 0 Å². The largest absolute Gasteiger partial charge is 0.311 e. The van der Waals surface area contributed by atoms with Gasteiger partial charge < -0.3 is 4.40 Å². The Labute approximate surface area is 87.6 Å². The van der Waals surface area contributed by atoms with Crippen molar-refractivity contribution in [2.45, 2.75) is 0 Å². The molecule has 0 aliphatic carbocycles. The molecule has 0 bridgehead atoms. The van der Waals surface area contributed by atoms with Crippen molar-refractivity contribution in [3.05, 3.63) is 29.8 Å². The summed E-state index contributed by atoms with van der Waals surface area (Å²) in [6, 6.07) is 6.10. The topological polar surface area (TPSA) is 47.5 Å². The van der Waals surface area contributed by atoms with E-state index in [1.165, 1.54) is 0 Å². The molecule has 0 aliphatic heterocycles. The molecule has 6 heteroatoms. The molecular weight excluding hydrogens is 210 g/mol. The van der Waals surface area contributed by atoms with Crippen molar-refractivity contribution in [3.8, 4) is 0 Å². The summed E-state index contributed by atoms with van der Waals surface area (Å²) in [7, 11) is 0. The molecule has 0 aliphatic rings. The fraction of sp³-hybridized carbons (Fsp3) is 0. The van der Waals surface area contributed by atoms with E-state index in [9.17, 15) is 0 Å². The fourth-order valence-corrected chi connectivity index (χ4v) is 2.73. The zero-order chi connectivity index (χ0) is 9.83. The van der Waals surface area contributed by atoms with E-state index in [4.69, 9.17) is 0 Å². The third-order valence-electron chi connectivity index (χ3n) is 2.52. The lowest BCUT2D eigenvalue weighted by atomic mass is 10.4. The summed E-state index contributed by atoms with van der Waals surface area (Å²) in [4.78, 5) is 1.07. The second-order valence-corrected chi connectivity index (χ2v) is 4.18. The van der Waals surface area contributed by atoms with Crippen molar-refractivity contribution in [1.29, 1.82) is 0 Å². The first-order valence-corrected chi connectivity index (χ1v) is 5.37. The van der Waals surface area contributed by atoms with Gasteiger partial charge in [0.25, 0.3) is 0 Å². The molecule has 0 unspecified atom stereocenters. The monoisotopic (exact) mass is 215 g/mol. The highest BCUT2D eigenvalue weighted by Crippen LogP contribution is 2.24. The van der Waals surface area contributed by atoms with Crippen molar-refractivity contribution >= 4 is 32.8 Å². The average Bonchev–Trinajstić information content (AvgIpc) is 2.97. The molecule has 4 rings (SSSR count). The maximum absolute atomic E-state index is 4.04. The highest BCUT2D eigenvalue weighted by molar-refractivity contribution is 7.16. The van der Waals surface area contributed by atoms with Crippen molar-refractivity contribution in [2.75, 3.05) is 0 Å². The van der Waals surface area contributed by atoms with Gasteiger partial charge in [0.15, 0.2) is 0 Å². The van der Waals surface area contributed by atoms with Gasteiger partial charge >= 0.3 is 0 Å². The first kappa shape index (κ1) is 7.36. The standard InChI is InChI=1S/C9H5N5S/c1-2-6-8-10-11-12-14(8)9-7(3-5-15-9)13(6)4-1/h1-5H. The van der Waals surface area contributed by atoms with E-state index >= 15 is 0 Å². The Morgan fingerprint density at radius 1 is 1.20 bits per heavy atom. The molecule has 0 atom stereocenters. The molecule has 0 saturated heterocycles. The van der Waals surface area contributed by atoms with Gasteiger partial charge in [0.2, 0.25) is 5.65 Å². The molecule has 0 spiro atoms. The first-order valence-electron chi connectivity index (χ1n) is 4.49. The van der Waals surface area contributed by atoms with Gasteiger partial charge in [-0.3, -0.25) is 0 Å². The number of tetrazole rings is 1. The molecule has 5 nitrogen and oxygen atoms in total. The maximum Gasteiger partial charge on any atom is 0.204 e. The normalized spacial score (nSPS) is 12.0. The van der Waals surface area contributed by atoms with Gasteiger partial charge in [-0.15, -0.1) is 16.4 Å². The molecular formula is C9H5N5S. The van der Waals surface area contributed by atoms with Crippen LogP contribution in [0, 0.1) is 0 Å². The van der Waals surface area contributed by atoms with E-state index in [1.54, 1.807) is 15.9 Å². The molecule has 15 heavy (non-hydrogen) atoms. The summed E-state index contributed by atoms with van der Waals surface area (Å²) in [6.45, 7) is 0. The smallest absolute Gasteiger partial charge is 0.204 e. The van der Waals surface area contributed by atoms with Crippen LogP contribution >= 0.6 is 11.3 Å². The Hall–Kier alpha value is -1.95. The van der Waals surface area contributed by atoms with Crippen molar-refractivity contribution < 1.29 is 0 Å². The lowest BCUT2D eigenvalue weighted by molar-refractivity contribution is 0.844. The predicted molar refractivity (Wildman–Crippen MR) is 57.1 cm³/mol. The third kappa shape index (κ3) is 0.759. The summed E-state index contributed by atoms with van der Waals surface area (Å²) in [5.74, 6) is 0. The molecule has 4 aromatic heterocycles. The molecule has 0 amide bonds. The van der Waals surface area contributed by atoms with Crippen LogP contribution in [-0.4, -0.2) is 24.4 Å². The van der Waals surface area contributed by atoms with Crippen LogP contribution < -0.4 is 0 Å². The second-order valence-electron chi connectivity index (χ2n) is 3.29. The number of hydrogen-bond donors (Lipinski definition) is 0. The lowest BCUT2D eigenvalue weighted by Crippen LogP contribution is -1.93. The highest BCUT2D eigenvalue weighted by atomic mass is 32.1. The number of aromatic nitrogens is 5. The highest BCUT2D eigenvalue weighted by Gasteiger charge is 2.10. The maximum atomic E-state index is 4.04. The van der Waals surface area contributed by atoms with E-state index in [0.717, 1.165) is 21.5 Å². The van der Waals surface area contributed by atoms with Gasteiger partial charge in [0, 0.05) is 6.20 Å². The van der Waals surface area contributed by atoms with Gasteiger partial charge in [-0.2, -0.15) is 4.52 Å². The lowest BCUT2D eigenvalue weighted by Gasteiger charge is -1.99. The van der Waals surface area contributed by atoms with E-state index in [2.05, 4.69) is 26.0 Å². The van der Waals surface area contributed by atoms with Crippen molar-refractivity contribution in [3.63, 3.8) is 0 Å². The summed E-state index contributed by atoms with van der Waals surface area (Å²) >= 11 is 1.64. The minimum Gasteiger partial charge on any atom is -0.311 e. The van der Waals surface area contributed by atoms with Crippen molar-refractivity contribution in [1.82, 2.24) is 24.4 Å². The van der Waals surface area contributed by atoms with Crippen LogP contribution in [0.3, 0.4) is 0 Å². The molecule has 0 N–H and O–H groups in total. The van der Waals surface area contributed by atoms with E-state index in [1.807, 2.05) is 23.7 Å². The van der Waals surface area contributed by atoms with Gasteiger partial charge in [-0.25, -0.2) is 0 Å². The number of rotatable bonds is 0. The Morgan fingerprint density at radius 2 is 2.20 bits per heavy atom. The molecule has 4 aromatic rings. The average molecular weight is 215 g/mol. The second kappa shape index (κ2) is 2.34. The van der Waals surface area contributed by atoms with Crippen LogP contribution in [0.15, 0.2) is 29.8 Å². The molecule has 0 saturated carbocycles. The number of nitrogens with zero attached hydrogens (tertiary/aromatic N) is 5. The Morgan fingerprint density at radius 3 is 3.20 bits per heavy atom. The zero-order valence-electron chi connectivity index (χ0n) is 7.53. The van der Waals surface area contributed by atoms with Crippen molar-refractivity contribution in [2.24, 2.45) is 0 Å². The molecule has 4 heterocycles. The number of hydrogen-bond acceptors (Lipinski definition) is 4. The third-order valence-corrected chi connectivity index (χ3v) is 3.40. The van der Waals surface area contributed by atoms with Crippen LogP contribution in [0.1, 0.15) is 0 Å². The fourth-order valence-electron chi connectivity index (χ4n) is 1.89. The Kier molecular flexibility index (Phi) is 1.15. The Balaban J connectivity index is 2.56. The van der Waals surface area contributed by atoms with Crippen LogP contribution in [0.25, 0.3) is 21.5 Å². The molecule has 0 aromatic carbocycles. The van der Waals surface area contributed by atoms with E-state index in [-0.39, 0.29) is 0 Å². The summed E-state index contributed by atoms with van der Waals surface area (Å²) in [5.41, 5.74) is 2.97. The summed E-state index contributed by atoms with van der Waals surface area (Å²) < 4.78 is 3.90. The van der Waals surface area contributed by atoms with E-state index in [0.29, 0.717) is 0 Å².